The van der Waals surface area contributed by atoms with Crippen molar-refractivity contribution in [3.05, 3.63) is 51.9 Å². The molecule has 1 aliphatic heterocycles. The first-order valence-electron chi connectivity index (χ1n) is 8.64. The third-order valence-electron chi connectivity index (χ3n) is 4.29. The van der Waals surface area contributed by atoms with Gasteiger partial charge >= 0.3 is 0 Å². The Morgan fingerprint density at radius 1 is 1.20 bits per heavy atom. The summed E-state index contributed by atoms with van der Waals surface area (Å²) in [6.45, 7) is 6.65. The van der Waals surface area contributed by atoms with Crippen molar-refractivity contribution in [2.75, 3.05) is 42.6 Å². The van der Waals surface area contributed by atoms with Gasteiger partial charge in [0.2, 0.25) is 5.95 Å². The number of nitrogens with zero attached hydrogens (tertiary/aromatic N) is 3. The van der Waals surface area contributed by atoms with Crippen LogP contribution in [-0.4, -0.2) is 46.8 Å². The molecule has 1 aromatic carbocycles. The maximum absolute atomic E-state index is 11.9. The van der Waals surface area contributed by atoms with Crippen LogP contribution >= 0.6 is 11.8 Å². The van der Waals surface area contributed by atoms with E-state index in [0.29, 0.717) is 5.95 Å². The summed E-state index contributed by atoms with van der Waals surface area (Å²) >= 11 is 1.78. The molecule has 2 aromatic rings. The average molecular weight is 359 g/mol. The highest BCUT2D eigenvalue weighted by molar-refractivity contribution is 7.98. The maximum Gasteiger partial charge on any atom is 0.252 e. The van der Waals surface area contributed by atoms with E-state index >= 15 is 0 Å². The van der Waals surface area contributed by atoms with Crippen LogP contribution in [-0.2, 0) is 12.3 Å². The lowest BCUT2D eigenvalue weighted by Gasteiger charge is -2.35. The summed E-state index contributed by atoms with van der Waals surface area (Å²) in [7, 11) is 0. The van der Waals surface area contributed by atoms with Crippen molar-refractivity contribution in [1.29, 1.82) is 0 Å². The van der Waals surface area contributed by atoms with E-state index in [9.17, 15) is 4.79 Å². The van der Waals surface area contributed by atoms with Crippen LogP contribution in [0.3, 0.4) is 0 Å². The highest BCUT2D eigenvalue weighted by atomic mass is 32.2. The Morgan fingerprint density at radius 2 is 1.92 bits per heavy atom. The molecule has 134 valence electrons. The molecular formula is C18H25N5OS. The van der Waals surface area contributed by atoms with E-state index in [1.54, 1.807) is 17.8 Å². The van der Waals surface area contributed by atoms with Gasteiger partial charge in [0.15, 0.2) is 0 Å². The van der Waals surface area contributed by atoms with Crippen LogP contribution in [0.5, 0.6) is 0 Å². The van der Waals surface area contributed by atoms with Gasteiger partial charge in [-0.05, 0) is 23.4 Å². The zero-order valence-corrected chi connectivity index (χ0v) is 15.4. The lowest BCUT2D eigenvalue weighted by Crippen LogP contribution is -2.47. The number of aromatic amines is 1. The normalized spacial score (nSPS) is 15.5. The van der Waals surface area contributed by atoms with Gasteiger partial charge in [0.1, 0.15) is 0 Å². The number of nitrogens with one attached hydrogen (secondary N) is 1. The minimum Gasteiger partial charge on any atom is -0.399 e. The van der Waals surface area contributed by atoms with Gasteiger partial charge in [0.05, 0.1) is 5.69 Å². The molecule has 7 heteroatoms. The van der Waals surface area contributed by atoms with Gasteiger partial charge < -0.3 is 10.6 Å². The summed E-state index contributed by atoms with van der Waals surface area (Å²) in [6, 6.07) is 9.65. The summed E-state index contributed by atoms with van der Waals surface area (Å²) in [5, 5.41) is 0. The molecular weight excluding hydrogens is 334 g/mol. The van der Waals surface area contributed by atoms with Crippen molar-refractivity contribution >= 4 is 23.4 Å². The van der Waals surface area contributed by atoms with Gasteiger partial charge in [-0.15, -0.1) is 0 Å². The predicted octanol–water partition coefficient (Wildman–Crippen LogP) is 1.93. The number of nitrogen functional groups attached to an aromatic ring is 1. The van der Waals surface area contributed by atoms with Crippen LogP contribution in [0.4, 0.5) is 11.6 Å². The molecule has 0 unspecified atom stereocenters. The zero-order chi connectivity index (χ0) is 17.6. The smallest absolute Gasteiger partial charge is 0.252 e. The first kappa shape index (κ1) is 17.8. The van der Waals surface area contributed by atoms with E-state index in [0.717, 1.165) is 55.6 Å². The fourth-order valence-corrected chi connectivity index (χ4v) is 3.48. The number of rotatable bonds is 6. The second-order valence-electron chi connectivity index (χ2n) is 6.20. The summed E-state index contributed by atoms with van der Waals surface area (Å²) in [5.74, 6) is 2.50. The van der Waals surface area contributed by atoms with Gasteiger partial charge in [-0.1, -0.05) is 19.1 Å². The van der Waals surface area contributed by atoms with E-state index in [4.69, 9.17) is 5.73 Å². The Morgan fingerprint density at radius 3 is 2.60 bits per heavy atom. The predicted molar refractivity (Wildman–Crippen MR) is 105 cm³/mol. The van der Waals surface area contributed by atoms with E-state index < -0.39 is 0 Å². The summed E-state index contributed by atoms with van der Waals surface area (Å²) in [5.41, 5.74) is 8.59. The second-order valence-corrected chi connectivity index (χ2v) is 7.48. The Kier molecular flexibility index (Phi) is 5.99. The van der Waals surface area contributed by atoms with Gasteiger partial charge in [0.25, 0.3) is 5.56 Å². The monoisotopic (exact) mass is 359 g/mol. The number of piperazine rings is 1. The highest BCUT2D eigenvalue weighted by Crippen LogP contribution is 2.15. The Bertz CT molecular complexity index is 738. The molecule has 1 aliphatic rings. The lowest BCUT2D eigenvalue weighted by atomic mass is 10.2. The SMILES string of the molecule is CCSCc1cc(=O)[nH]c(N2CCN(Cc3ccc(N)cc3)CC2)n1. The fourth-order valence-electron chi connectivity index (χ4n) is 2.92. The van der Waals surface area contributed by atoms with Crippen LogP contribution in [0.1, 0.15) is 18.2 Å². The van der Waals surface area contributed by atoms with Crippen molar-refractivity contribution in [2.24, 2.45) is 0 Å². The molecule has 0 bridgehead atoms. The second kappa shape index (κ2) is 8.40. The standard InChI is InChI=1S/C18H25N5OS/c1-2-25-13-16-11-17(24)21-18(20-16)23-9-7-22(8-10-23)12-14-3-5-15(19)6-4-14/h3-6,11H,2,7-10,12-13,19H2,1H3,(H,20,21,24). The largest absolute Gasteiger partial charge is 0.399 e. The first-order valence-corrected chi connectivity index (χ1v) is 9.79. The quantitative estimate of drug-likeness (QED) is 0.768. The van der Waals surface area contributed by atoms with Gasteiger partial charge in [0, 0.05) is 50.2 Å². The molecule has 3 rings (SSSR count). The molecule has 25 heavy (non-hydrogen) atoms. The third kappa shape index (κ3) is 4.99. The zero-order valence-electron chi connectivity index (χ0n) is 14.6. The molecule has 1 saturated heterocycles. The minimum atomic E-state index is -0.0685. The molecule has 0 radical (unpaired) electrons. The number of nitrogens with two attached hydrogens (primary N) is 1. The van der Waals surface area contributed by atoms with Crippen molar-refractivity contribution in [1.82, 2.24) is 14.9 Å². The molecule has 3 N–H and O–H groups in total. The molecule has 0 amide bonds. The topological polar surface area (TPSA) is 78.2 Å². The average Bonchev–Trinajstić information content (AvgIpc) is 2.62. The molecule has 2 heterocycles. The Labute approximate surface area is 152 Å². The molecule has 0 spiro atoms. The maximum atomic E-state index is 11.9. The first-order chi connectivity index (χ1) is 12.1. The molecule has 1 fully saturated rings. The summed E-state index contributed by atoms with van der Waals surface area (Å²) in [4.78, 5) is 24.0. The number of hydrogen-bond donors (Lipinski definition) is 2. The van der Waals surface area contributed by atoms with Crippen LogP contribution in [0.2, 0.25) is 0 Å². The summed E-state index contributed by atoms with van der Waals surface area (Å²) in [6.07, 6.45) is 0. The molecule has 0 atom stereocenters. The molecule has 1 aromatic heterocycles. The van der Waals surface area contributed by atoms with Gasteiger partial charge in [-0.2, -0.15) is 11.8 Å². The Balaban J connectivity index is 1.59. The minimum absolute atomic E-state index is 0.0685. The fraction of sp³-hybridized carbons (Fsp3) is 0.444. The molecule has 6 nitrogen and oxygen atoms in total. The molecule has 0 saturated carbocycles. The van der Waals surface area contributed by atoms with Crippen molar-refractivity contribution < 1.29 is 0 Å². The number of thioether (sulfide) groups is 1. The van der Waals surface area contributed by atoms with E-state index in [1.165, 1.54) is 5.56 Å². The lowest BCUT2D eigenvalue weighted by molar-refractivity contribution is 0.248. The van der Waals surface area contributed by atoms with E-state index in [1.807, 2.05) is 12.1 Å². The number of hydrogen-bond acceptors (Lipinski definition) is 6. The Hall–Kier alpha value is -1.99. The summed E-state index contributed by atoms with van der Waals surface area (Å²) < 4.78 is 0. The van der Waals surface area contributed by atoms with Crippen molar-refractivity contribution in [2.45, 2.75) is 19.2 Å². The number of aromatic nitrogens is 2. The highest BCUT2D eigenvalue weighted by Gasteiger charge is 2.19. The van der Waals surface area contributed by atoms with Crippen molar-refractivity contribution in [3.8, 4) is 0 Å². The number of H-pyrrole nitrogens is 1. The third-order valence-corrected chi connectivity index (χ3v) is 5.20. The van der Waals surface area contributed by atoms with Crippen LogP contribution < -0.4 is 16.2 Å². The molecule has 0 aliphatic carbocycles. The van der Waals surface area contributed by atoms with E-state index in [-0.39, 0.29) is 5.56 Å². The van der Waals surface area contributed by atoms with Gasteiger partial charge in [-0.25, -0.2) is 4.98 Å². The van der Waals surface area contributed by atoms with Gasteiger partial charge in [-0.3, -0.25) is 14.7 Å². The number of anilines is 2. The number of benzene rings is 1. The van der Waals surface area contributed by atoms with Crippen LogP contribution in [0, 0.1) is 0 Å². The van der Waals surface area contributed by atoms with Crippen LogP contribution in [0.25, 0.3) is 0 Å². The van der Waals surface area contributed by atoms with E-state index in [2.05, 4.69) is 38.8 Å². The van der Waals surface area contributed by atoms with Crippen molar-refractivity contribution in [3.63, 3.8) is 0 Å². The van der Waals surface area contributed by atoms with Crippen LogP contribution in [0.15, 0.2) is 35.1 Å².